The highest BCUT2D eigenvalue weighted by Crippen LogP contribution is 2.45. The monoisotopic (exact) mass is 720 g/mol. The molecule has 0 N–H and O–H groups in total. The van der Waals surface area contributed by atoms with Crippen molar-refractivity contribution in [1.82, 2.24) is 10.0 Å². The van der Waals surface area contributed by atoms with Crippen molar-refractivity contribution in [1.29, 1.82) is 0 Å². The molecule has 4 rings (SSSR count). The van der Waals surface area contributed by atoms with Crippen LogP contribution in [0.1, 0.15) is 36.6 Å². The number of hydrazine groups is 1. The van der Waals surface area contributed by atoms with Gasteiger partial charge >= 0.3 is 0 Å². The van der Waals surface area contributed by atoms with Crippen LogP contribution < -0.4 is 0 Å². The highest BCUT2D eigenvalue weighted by molar-refractivity contribution is 9.15. The largest absolute Gasteiger partial charge is 0.282 e. The van der Waals surface area contributed by atoms with Crippen molar-refractivity contribution in [3.63, 3.8) is 0 Å². The molecule has 0 radical (unpaired) electrons. The van der Waals surface area contributed by atoms with Crippen molar-refractivity contribution in [2.45, 2.75) is 6.54 Å². The molecule has 0 unspecified atom stereocenters. The molecule has 1 aliphatic heterocycles. The van der Waals surface area contributed by atoms with E-state index in [1.165, 1.54) is 30.3 Å². The predicted octanol–water partition coefficient (Wildman–Crippen LogP) is 7.38. The Hall–Kier alpha value is -1.59. The third kappa shape index (κ3) is 4.20. The van der Waals surface area contributed by atoms with Crippen LogP contribution in [0.15, 0.2) is 66.4 Å². The fraction of sp³-hybridized carbons (Fsp3) is 0.0455. The van der Waals surface area contributed by atoms with E-state index >= 15 is 0 Å². The number of hydrogen-bond acceptors (Lipinski definition) is 3. The average molecular weight is 724 g/mol. The first-order valence-corrected chi connectivity index (χ1v) is 12.7. The van der Waals surface area contributed by atoms with E-state index in [9.17, 15) is 18.8 Å². The summed E-state index contributed by atoms with van der Waals surface area (Å²) in [5, 5.41) is 1.76. The summed E-state index contributed by atoms with van der Waals surface area (Å²) in [4.78, 5) is 40.5. The normalized spacial score (nSPS) is 12.8. The molecule has 168 valence electrons. The van der Waals surface area contributed by atoms with Crippen LogP contribution >= 0.6 is 75.3 Å². The molecule has 33 heavy (non-hydrogen) atoms. The van der Waals surface area contributed by atoms with Crippen LogP contribution in [-0.2, 0) is 6.54 Å². The number of carbonyl (C=O) groups excluding carboxylic acids is 3. The number of halogens is 6. The Bertz CT molecular complexity index is 1300. The Morgan fingerprint density at radius 2 is 1.36 bits per heavy atom. The number of nitrogens with zero attached hydrogens (tertiary/aromatic N) is 2. The van der Waals surface area contributed by atoms with Gasteiger partial charge in [0.05, 0.1) is 28.3 Å². The molecule has 0 saturated carbocycles. The lowest BCUT2D eigenvalue weighted by atomic mass is 10.1. The van der Waals surface area contributed by atoms with Crippen molar-refractivity contribution in [2.75, 3.05) is 0 Å². The van der Waals surface area contributed by atoms with Crippen LogP contribution in [-0.4, -0.2) is 27.7 Å². The second kappa shape index (κ2) is 9.58. The lowest BCUT2D eigenvalue weighted by molar-refractivity contribution is 0.000506. The number of rotatable bonds is 4. The number of amides is 3. The van der Waals surface area contributed by atoms with E-state index in [4.69, 9.17) is 11.6 Å². The standard InChI is InChI=1S/C22H10Br4ClFN2O3/c23-16-14-15(17(24)19(26)18(16)25)22(33)30(21(14)32)29(9-10-5-1-4-8-13(10)28)20(31)11-6-2-3-7-12(11)27/h1-8H,9H2. The summed E-state index contributed by atoms with van der Waals surface area (Å²) in [6.45, 7) is -0.375. The lowest BCUT2D eigenvalue weighted by Gasteiger charge is -2.30. The van der Waals surface area contributed by atoms with Gasteiger partial charge in [-0.3, -0.25) is 14.4 Å². The van der Waals surface area contributed by atoms with Gasteiger partial charge in [-0.05, 0) is 81.9 Å². The van der Waals surface area contributed by atoms with E-state index in [1.54, 1.807) is 18.2 Å². The van der Waals surface area contributed by atoms with Gasteiger partial charge in [0.1, 0.15) is 5.82 Å². The van der Waals surface area contributed by atoms with Crippen LogP contribution in [0.25, 0.3) is 0 Å². The van der Waals surface area contributed by atoms with Crippen LogP contribution in [0, 0.1) is 5.82 Å². The van der Waals surface area contributed by atoms with E-state index in [0.29, 0.717) is 17.9 Å². The molecule has 0 aromatic heterocycles. The van der Waals surface area contributed by atoms with E-state index in [0.717, 1.165) is 10.0 Å². The Morgan fingerprint density at radius 3 is 1.91 bits per heavy atom. The Kier molecular flexibility index (Phi) is 7.12. The zero-order valence-corrected chi connectivity index (χ0v) is 23.3. The number of fused-ring (bicyclic) bond motifs is 1. The lowest BCUT2D eigenvalue weighted by Crippen LogP contribution is -2.49. The fourth-order valence-electron chi connectivity index (χ4n) is 3.35. The minimum absolute atomic E-state index is 0.0624. The van der Waals surface area contributed by atoms with Crippen LogP contribution in [0.2, 0.25) is 5.02 Å². The fourth-order valence-corrected chi connectivity index (χ4v) is 6.03. The van der Waals surface area contributed by atoms with Crippen molar-refractivity contribution in [3.8, 4) is 0 Å². The summed E-state index contributed by atoms with van der Waals surface area (Å²) in [6.07, 6.45) is 0. The Labute approximate surface area is 226 Å². The van der Waals surface area contributed by atoms with Crippen LogP contribution in [0.4, 0.5) is 4.39 Å². The second-order valence-electron chi connectivity index (χ2n) is 6.86. The molecule has 11 heteroatoms. The SMILES string of the molecule is O=C(c1ccccc1Cl)N(Cc1ccccc1F)N1C(=O)c2c(Br)c(Br)c(Br)c(Br)c2C1=O. The summed E-state index contributed by atoms with van der Waals surface area (Å²) in [6, 6.07) is 12.0. The molecule has 0 bridgehead atoms. The summed E-state index contributed by atoms with van der Waals surface area (Å²) in [5.74, 6) is -2.80. The Balaban J connectivity index is 1.88. The van der Waals surface area contributed by atoms with Crippen molar-refractivity contribution in [3.05, 3.63) is 99.5 Å². The molecular formula is C22H10Br4ClFN2O3. The van der Waals surface area contributed by atoms with Gasteiger partial charge in [0, 0.05) is 23.5 Å². The number of hydrogen-bond donors (Lipinski definition) is 0. The molecule has 0 atom stereocenters. The van der Waals surface area contributed by atoms with Gasteiger partial charge in [0.2, 0.25) is 0 Å². The number of imide groups is 1. The molecule has 1 heterocycles. The number of benzene rings is 3. The van der Waals surface area contributed by atoms with Gasteiger partial charge in [-0.1, -0.05) is 41.9 Å². The molecule has 0 aliphatic carbocycles. The molecule has 1 aliphatic rings. The summed E-state index contributed by atoms with van der Waals surface area (Å²) in [7, 11) is 0. The van der Waals surface area contributed by atoms with Gasteiger partial charge in [-0.2, -0.15) is 5.01 Å². The smallest absolute Gasteiger partial charge is 0.267 e. The predicted molar refractivity (Wildman–Crippen MR) is 135 cm³/mol. The zero-order chi connectivity index (χ0) is 24.0. The van der Waals surface area contributed by atoms with Crippen molar-refractivity contribution >= 4 is 93.0 Å². The van der Waals surface area contributed by atoms with Gasteiger partial charge in [0.25, 0.3) is 17.7 Å². The first-order chi connectivity index (χ1) is 15.6. The van der Waals surface area contributed by atoms with Crippen molar-refractivity contribution in [2.24, 2.45) is 0 Å². The first-order valence-electron chi connectivity index (χ1n) is 9.19. The molecule has 3 aromatic rings. The topological polar surface area (TPSA) is 57.7 Å². The van der Waals surface area contributed by atoms with E-state index in [1.807, 2.05) is 0 Å². The molecule has 5 nitrogen and oxygen atoms in total. The minimum atomic E-state index is -0.743. The van der Waals surface area contributed by atoms with Crippen molar-refractivity contribution < 1.29 is 18.8 Å². The minimum Gasteiger partial charge on any atom is -0.267 e. The zero-order valence-electron chi connectivity index (χ0n) is 16.2. The highest BCUT2D eigenvalue weighted by atomic mass is 79.9. The maximum Gasteiger partial charge on any atom is 0.282 e. The van der Waals surface area contributed by atoms with E-state index < -0.39 is 23.5 Å². The van der Waals surface area contributed by atoms with Crippen LogP contribution in [0.3, 0.4) is 0 Å². The van der Waals surface area contributed by atoms with E-state index in [-0.39, 0.29) is 33.8 Å². The molecule has 3 amide bonds. The quantitative estimate of drug-likeness (QED) is 0.160. The number of carbonyl (C=O) groups is 3. The molecular weight excluding hydrogens is 714 g/mol. The highest BCUT2D eigenvalue weighted by Gasteiger charge is 2.46. The summed E-state index contributed by atoms with van der Waals surface area (Å²) >= 11 is 19.7. The molecule has 0 saturated heterocycles. The van der Waals surface area contributed by atoms with E-state index in [2.05, 4.69) is 63.7 Å². The Morgan fingerprint density at radius 1 is 0.848 bits per heavy atom. The molecule has 0 fully saturated rings. The maximum absolute atomic E-state index is 14.5. The van der Waals surface area contributed by atoms with Gasteiger partial charge in [-0.25, -0.2) is 9.40 Å². The summed E-state index contributed by atoms with van der Waals surface area (Å²) < 4.78 is 16.2. The summed E-state index contributed by atoms with van der Waals surface area (Å²) in [5.41, 5.74) is 0.308. The van der Waals surface area contributed by atoms with Gasteiger partial charge < -0.3 is 0 Å². The van der Waals surface area contributed by atoms with Gasteiger partial charge in [-0.15, -0.1) is 0 Å². The molecule has 3 aromatic carbocycles. The molecule has 0 spiro atoms. The van der Waals surface area contributed by atoms with Crippen LogP contribution in [0.5, 0.6) is 0 Å². The third-order valence-corrected chi connectivity index (χ3v) is 10.0. The third-order valence-electron chi connectivity index (χ3n) is 4.94. The van der Waals surface area contributed by atoms with Gasteiger partial charge in [0.15, 0.2) is 0 Å². The second-order valence-corrected chi connectivity index (χ2v) is 10.4. The first kappa shape index (κ1) is 24.5. The average Bonchev–Trinajstić information content (AvgIpc) is 3.06. The maximum atomic E-state index is 14.5.